The summed E-state index contributed by atoms with van der Waals surface area (Å²) in [7, 11) is 1.66. The second kappa shape index (κ2) is 13.8. The molecule has 0 aliphatic rings. The van der Waals surface area contributed by atoms with E-state index < -0.39 is 0 Å². The Hall–Kier alpha value is -2.29. The van der Waals surface area contributed by atoms with E-state index in [4.69, 9.17) is 4.74 Å². The zero-order valence-electron chi connectivity index (χ0n) is 17.3. The lowest BCUT2D eigenvalue weighted by Gasteiger charge is -2.12. The number of halogens is 1. The molecular formula is C22H31IN4O2. The molecule has 0 atom stereocenters. The van der Waals surface area contributed by atoms with E-state index in [2.05, 4.69) is 20.9 Å². The van der Waals surface area contributed by atoms with Gasteiger partial charge >= 0.3 is 0 Å². The molecule has 0 saturated heterocycles. The number of carbonyl (C=O) groups excluding carboxylic acids is 1. The van der Waals surface area contributed by atoms with Gasteiger partial charge in [-0.25, -0.2) is 4.99 Å². The van der Waals surface area contributed by atoms with Gasteiger partial charge in [0, 0.05) is 25.2 Å². The molecule has 6 nitrogen and oxygen atoms in total. The molecule has 0 aliphatic carbocycles. The first-order valence-corrected chi connectivity index (χ1v) is 9.68. The van der Waals surface area contributed by atoms with Gasteiger partial charge in [0.2, 0.25) is 0 Å². The summed E-state index contributed by atoms with van der Waals surface area (Å²) in [4.78, 5) is 16.8. The fraction of sp³-hybridized carbons (Fsp3) is 0.364. The molecule has 0 unspecified atom stereocenters. The summed E-state index contributed by atoms with van der Waals surface area (Å²) in [6, 6.07) is 15.5. The van der Waals surface area contributed by atoms with Gasteiger partial charge in [0.1, 0.15) is 5.75 Å². The van der Waals surface area contributed by atoms with Crippen molar-refractivity contribution in [3.63, 3.8) is 0 Å². The van der Waals surface area contributed by atoms with Gasteiger partial charge in [-0.2, -0.15) is 0 Å². The summed E-state index contributed by atoms with van der Waals surface area (Å²) in [6.07, 6.45) is 0.918. The Morgan fingerprint density at radius 1 is 1.00 bits per heavy atom. The third-order valence-electron chi connectivity index (χ3n) is 4.11. The molecule has 3 N–H and O–H groups in total. The van der Waals surface area contributed by atoms with E-state index in [0.29, 0.717) is 25.2 Å². The quantitative estimate of drug-likeness (QED) is 0.273. The molecule has 0 radical (unpaired) electrons. The van der Waals surface area contributed by atoms with Crippen LogP contribution < -0.4 is 20.7 Å². The predicted molar refractivity (Wildman–Crippen MR) is 129 cm³/mol. The minimum Gasteiger partial charge on any atom is -0.497 e. The number of methoxy groups -OCH3 is 1. The van der Waals surface area contributed by atoms with E-state index in [1.807, 2.05) is 62.4 Å². The van der Waals surface area contributed by atoms with Gasteiger partial charge < -0.3 is 20.7 Å². The van der Waals surface area contributed by atoms with Crippen molar-refractivity contribution in [2.75, 3.05) is 20.2 Å². The molecule has 0 fully saturated rings. The zero-order chi connectivity index (χ0) is 20.2. The summed E-state index contributed by atoms with van der Waals surface area (Å²) < 4.78 is 5.18. The number of hydrogen-bond donors (Lipinski definition) is 3. The molecule has 1 amide bonds. The van der Waals surface area contributed by atoms with Crippen LogP contribution in [0, 0.1) is 0 Å². The second-order valence-corrected chi connectivity index (χ2v) is 6.35. The minimum atomic E-state index is -0.0442. The number of aliphatic imine (C=N–C) groups is 1. The molecule has 2 aromatic rings. The van der Waals surface area contributed by atoms with Crippen LogP contribution in [0.25, 0.3) is 0 Å². The highest BCUT2D eigenvalue weighted by atomic mass is 127. The van der Waals surface area contributed by atoms with Crippen molar-refractivity contribution in [2.45, 2.75) is 33.4 Å². The van der Waals surface area contributed by atoms with Crippen molar-refractivity contribution in [3.05, 3.63) is 65.2 Å². The number of carbonyl (C=O) groups is 1. The average molecular weight is 510 g/mol. The number of benzene rings is 2. The highest BCUT2D eigenvalue weighted by molar-refractivity contribution is 14.0. The molecule has 2 aromatic carbocycles. The first-order chi connectivity index (χ1) is 13.7. The van der Waals surface area contributed by atoms with Crippen LogP contribution in [-0.2, 0) is 13.1 Å². The molecule has 29 heavy (non-hydrogen) atoms. The first-order valence-electron chi connectivity index (χ1n) is 9.68. The molecule has 0 aliphatic heterocycles. The van der Waals surface area contributed by atoms with E-state index >= 15 is 0 Å². The number of amides is 1. The van der Waals surface area contributed by atoms with Crippen LogP contribution in [0.15, 0.2) is 53.5 Å². The Kier molecular flexibility index (Phi) is 11.8. The third-order valence-corrected chi connectivity index (χ3v) is 4.11. The molecule has 0 heterocycles. The van der Waals surface area contributed by atoms with Crippen molar-refractivity contribution in [3.8, 4) is 5.75 Å². The van der Waals surface area contributed by atoms with E-state index in [1.165, 1.54) is 0 Å². The average Bonchev–Trinajstić information content (AvgIpc) is 2.74. The summed E-state index contributed by atoms with van der Waals surface area (Å²) in [6.45, 7) is 6.67. The van der Waals surface area contributed by atoms with E-state index in [-0.39, 0.29) is 29.9 Å². The van der Waals surface area contributed by atoms with Crippen LogP contribution in [0.5, 0.6) is 5.75 Å². The van der Waals surface area contributed by atoms with Crippen LogP contribution >= 0.6 is 24.0 Å². The fourth-order valence-electron chi connectivity index (χ4n) is 2.59. The largest absolute Gasteiger partial charge is 0.497 e. The van der Waals surface area contributed by atoms with Gasteiger partial charge in [0.25, 0.3) is 5.91 Å². The van der Waals surface area contributed by atoms with Gasteiger partial charge in [0.05, 0.1) is 13.7 Å². The van der Waals surface area contributed by atoms with Crippen LogP contribution in [0.3, 0.4) is 0 Å². The Balaban J connectivity index is 0.00000420. The first kappa shape index (κ1) is 24.7. The molecule has 0 spiro atoms. The maximum absolute atomic E-state index is 12.1. The highest BCUT2D eigenvalue weighted by Crippen LogP contribution is 2.11. The van der Waals surface area contributed by atoms with Gasteiger partial charge in [-0.05, 0) is 48.7 Å². The van der Waals surface area contributed by atoms with Crippen LogP contribution in [0.2, 0.25) is 0 Å². The van der Waals surface area contributed by atoms with Gasteiger partial charge in [-0.3, -0.25) is 4.79 Å². The SMILES string of the molecule is CCCNC(=O)c1cccc(CN=C(NCC)NCc2ccc(OC)cc2)c1.I. The zero-order valence-corrected chi connectivity index (χ0v) is 19.7. The van der Waals surface area contributed by atoms with Gasteiger partial charge in [-0.1, -0.05) is 31.2 Å². The molecule has 7 heteroatoms. The summed E-state index contributed by atoms with van der Waals surface area (Å²) >= 11 is 0. The molecule has 158 valence electrons. The maximum Gasteiger partial charge on any atom is 0.251 e. The van der Waals surface area contributed by atoms with E-state index in [0.717, 1.165) is 35.8 Å². The molecule has 0 bridgehead atoms. The lowest BCUT2D eigenvalue weighted by molar-refractivity contribution is 0.0953. The normalized spacial score (nSPS) is 10.7. The van der Waals surface area contributed by atoms with Crippen molar-refractivity contribution < 1.29 is 9.53 Å². The molecular weight excluding hydrogens is 479 g/mol. The Bertz CT molecular complexity index is 779. The minimum absolute atomic E-state index is 0. The molecule has 0 saturated carbocycles. The van der Waals surface area contributed by atoms with E-state index in [1.54, 1.807) is 7.11 Å². The molecule has 2 rings (SSSR count). The van der Waals surface area contributed by atoms with E-state index in [9.17, 15) is 4.79 Å². The van der Waals surface area contributed by atoms with Crippen molar-refractivity contribution in [2.24, 2.45) is 4.99 Å². The van der Waals surface area contributed by atoms with Crippen molar-refractivity contribution in [1.29, 1.82) is 0 Å². The van der Waals surface area contributed by atoms with Gasteiger partial charge in [-0.15, -0.1) is 24.0 Å². The fourth-order valence-corrected chi connectivity index (χ4v) is 2.59. The topological polar surface area (TPSA) is 74.8 Å². The Morgan fingerprint density at radius 2 is 1.76 bits per heavy atom. The Labute approximate surface area is 190 Å². The standard InChI is InChI=1S/C22H30N4O2.HI/c1-4-13-24-21(27)19-8-6-7-18(14-19)16-26-22(23-5-2)25-15-17-9-11-20(28-3)12-10-17;/h6-12,14H,4-5,13,15-16H2,1-3H3,(H,24,27)(H2,23,25,26);1H. The summed E-state index contributed by atoms with van der Waals surface area (Å²) in [5.74, 6) is 1.53. The number of nitrogens with one attached hydrogen (secondary N) is 3. The van der Waals surface area contributed by atoms with Gasteiger partial charge in [0.15, 0.2) is 5.96 Å². The molecule has 0 aromatic heterocycles. The third kappa shape index (κ3) is 8.72. The summed E-state index contributed by atoms with van der Waals surface area (Å²) in [5, 5.41) is 9.47. The van der Waals surface area contributed by atoms with Crippen LogP contribution in [0.1, 0.15) is 41.8 Å². The highest BCUT2D eigenvalue weighted by Gasteiger charge is 2.05. The van der Waals surface area contributed by atoms with Crippen molar-refractivity contribution in [1.82, 2.24) is 16.0 Å². The maximum atomic E-state index is 12.1. The predicted octanol–water partition coefficient (Wildman–Crippen LogP) is 3.71. The van der Waals surface area contributed by atoms with Crippen molar-refractivity contribution >= 4 is 35.8 Å². The number of ether oxygens (including phenoxy) is 1. The summed E-state index contributed by atoms with van der Waals surface area (Å²) in [5.41, 5.74) is 2.80. The Morgan fingerprint density at radius 3 is 2.41 bits per heavy atom. The lowest BCUT2D eigenvalue weighted by atomic mass is 10.1. The number of nitrogens with zero attached hydrogens (tertiary/aromatic N) is 1. The number of rotatable bonds is 9. The van der Waals surface area contributed by atoms with Crippen LogP contribution in [-0.4, -0.2) is 32.1 Å². The lowest BCUT2D eigenvalue weighted by Crippen LogP contribution is -2.36. The second-order valence-electron chi connectivity index (χ2n) is 6.35. The smallest absolute Gasteiger partial charge is 0.251 e. The number of guanidine groups is 1. The monoisotopic (exact) mass is 510 g/mol. The van der Waals surface area contributed by atoms with Crippen LogP contribution in [0.4, 0.5) is 0 Å². The number of hydrogen-bond acceptors (Lipinski definition) is 3.